The number of nitrogens with zero attached hydrogens (tertiary/aromatic N) is 1. The predicted octanol–water partition coefficient (Wildman–Crippen LogP) is 1.13. The molecule has 1 aliphatic rings. The van der Waals surface area contributed by atoms with Crippen LogP contribution in [0, 0.1) is 0 Å². The number of hydrogen-bond donors (Lipinski definition) is 2. The lowest BCUT2D eigenvalue weighted by Crippen LogP contribution is -2.42. The molecule has 22 heavy (non-hydrogen) atoms. The zero-order valence-corrected chi connectivity index (χ0v) is 14.0. The summed E-state index contributed by atoms with van der Waals surface area (Å²) in [5.41, 5.74) is 2.66. The van der Waals surface area contributed by atoms with E-state index in [-0.39, 0.29) is 12.3 Å². The van der Waals surface area contributed by atoms with Gasteiger partial charge in [0.1, 0.15) is 0 Å². The average molecular weight is 326 g/mol. The van der Waals surface area contributed by atoms with Crippen molar-refractivity contribution in [2.24, 2.45) is 0 Å². The van der Waals surface area contributed by atoms with Gasteiger partial charge in [-0.1, -0.05) is 37.6 Å². The minimum atomic E-state index is -3.26. The molecular weight excluding hydrogens is 300 g/mol. The number of fused-ring (bicyclic) bond motifs is 1. The van der Waals surface area contributed by atoms with Gasteiger partial charge in [-0.15, -0.1) is 0 Å². The first-order valence-corrected chi connectivity index (χ1v) is 9.60. The molecule has 0 radical (unpaired) electrons. The summed E-state index contributed by atoms with van der Waals surface area (Å²) >= 11 is 0. The van der Waals surface area contributed by atoms with Crippen LogP contribution in [0.2, 0.25) is 0 Å². The van der Waals surface area contributed by atoms with Gasteiger partial charge in [0.2, 0.25) is 10.0 Å². The summed E-state index contributed by atoms with van der Waals surface area (Å²) < 4.78 is 25.9. The first kappa shape index (κ1) is 17.4. The summed E-state index contributed by atoms with van der Waals surface area (Å²) in [6, 6.07) is 8.33. The second kappa shape index (κ2) is 8.06. The van der Waals surface area contributed by atoms with Crippen LogP contribution >= 0.6 is 0 Å². The summed E-state index contributed by atoms with van der Waals surface area (Å²) in [7, 11) is -3.26. The number of sulfonamides is 1. The highest BCUT2D eigenvalue weighted by Gasteiger charge is 2.19. The highest BCUT2D eigenvalue weighted by atomic mass is 32.2. The number of β-amino-alcohol motifs (C(OH)–C–C–N with tert-alkyl or cyclic N) is 1. The molecule has 0 saturated carbocycles. The van der Waals surface area contributed by atoms with Gasteiger partial charge in [0.05, 0.1) is 11.9 Å². The van der Waals surface area contributed by atoms with Crippen LogP contribution in [-0.4, -0.2) is 49.9 Å². The van der Waals surface area contributed by atoms with E-state index < -0.39 is 16.1 Å². The van der Waals surface area contributed by atoms with Crippen LogP contribution < -0.4 is 4.72 Å². The fourth-order valence-electron chi connectivity index (χ4n) is 2.70. The third kappa shape index (κ3) is 5.35. The summed E-state index contributed by atoms with van der Waals surface area (Å²) in [6.07, 6.45) is 1.79. The van der Waals surface area contributed by atoms with Gasteiger partial charge in [-0.3, -0.25) is 4.90 Å². The Morgan fingerprint density at radius 1 is 1.32 bits per heavy atom. The first-order chi connectivity index (χ1) is 10.5. The van der Waals surface area contributed by atoms with Gasteiger partial charge in [-0.2, -0.15) is 0 Å². The Labute approximate surface area is 133 Å². The monoisotopic (exact) mass is 326 g/mol. The maximum absolute atomic E-state index is 11.7. The number of hydrogen-bond acceptors (Lipinski definition) is 4. The highest BCUT2D eigenvalue weighted by Crippen LogP contribution is 2.18. The van der Waals surface area contributed by atoms with Gasteiger partial charge in [0.15, 0.2) is 0 Å². The molecule has 0 saturated heterocycles. The molecule has 0 spiro atoms. The lowest BCUT2D eigenvalue weighted by atomic mass is 10.00. The topological polar surface area (TPSA) is 69.6 Å². The van der Waals surface area contributed by atoms with Gasteiger partial charge >= 0.3 is 0 Å². The number of nitrogens with one attached hydrogen (secondary N) is 1. The van der Waals surface area contributed by atoms with Crippen molar-refractivity contribution in [1.29, 1.82) is 0 Å². The molecule has 0 aliphatic carbocycles. The molecule has 0 bridgehead atoms. The van der Waals surface area contributed by atoms with E-state index in [2.05, 4.69) is 27.8 Å². The molecule has 1 aliphatic heterocycles. The third-order valence-electron chi connectivity index (χ3n) is 3.98. The van der Waals surface area contributed by atoms with E-state index in [1.54, 1.807) is 0 Å². The van der Waals surface area contributed by atoms with Crippen molar-refractivity contribution in [3.05, 3.63) is 35.4 Å². The first-order valence-electron chi connectivity index (χ1n) is 7.94. The summed E-state index contributed by atoms with van der Waals surface area (Å²) in [5, 5.41) is 10.1. The lowest BCUT2D eigenvalue weighted by molar-refractivity contribution is 0.108. The molecule has 2 N–H and O–H groups in total. The van der Waals surface area contributed by atoms with Gasteiger partial charge in [-0.05, 0) is 24.0 Å². The van der Waals surface area contributed by atoms with Crippen molar-refractivity contribution >= 4 is 10.0 Å². The SMILES string of the molecule is CCCCS(=O)(=O)NC[C@H](O)CN1CCc2ccccc2C1. The largest absolute Gasteiger partial charge is 0.390 e. The number of aliphatic hydroxyl groups excluding tert-OH is 1. The predicted molar refractivity (Wildman–Crippen MR) is 88.1 cm³/mol. The minimum Gasteiger partial charge on any atom is -0.390 e. The van der Waals surface area contributed by atoms with Crippen LogP contribution in [0.3, 0.4) is 0 Å². The van der Waals surface area contributed by atoms with E-state index in [4.69, 9.17) is 0 Å². The Morgan fingerprint density at radius 2 is 2.05 bits per heavy atom. The van der Waals surface area contributed by atoms with E-state index >= 15 is 0 Å². The molecule has 0 unspecified atom stereocenters. The molecule has 1 aromatic rings. The van der Waals surface area contributed by atoms with Crippen LogP contribution in [0.15, 0.2) is 24.3 Å². The fourth-order valence-corrected chi connectivity index (χ4v) is 3.96. The summed E-state index contributed by atoms with van der Waals surface area (Å²) in [6.45, 7) is 4.25. The molecule has 1 heterocycles. The molecule has 0 aromatic heterocycles. The Hall–Kier alpha value is -0.950. The van der Waals surface area contributed by atoms with Crippen molar-refractivity contribution in [2.45, 2.75) is 38.8 Å². The second-order valence-electron chi connectivity index (χ2n) is 5.93. The van der Waals surface area contributed by atoms with Gasteiger partial charge in [0.25, 0.3) is 0 Å². The lowest BCUT2D eigenvalue weighted by Gasteiger charge is -2.30. The maximum Gasteiger partial charge on any atom is 0.211 e. The van der Waals surface area contributed by atoms with E-state index in [1.807, 2.05) is 13.0 Å². The van der Waals surface area contributed by atoms with Crippen molar-refractivity contribution in [3.8, 4) is 0 Å². The molecule has 0 amide bonds. The Balaban J connectivity index is 1.77. The standard InChI is InChI=1S/C16H26N2O3S/c1-2-3-10-22(20,21)17-11-16(19)13-18-9-8-14-6-4-5-7-15(14)12-18/h4-7,16-17,19H,2-3,8-13H2,1H3/t16-/m0/s1. The summed E-state index contributed by atoms with van der Waals surface area (Å²) in [4.78, 5) is 2.17. The van der Waals surface area contributed by atoms with E-state index in [0.717, 1.165) is 25.9 Å². The zero-order valence-electron chi connectivity index (χ0n) is 13.2. The van der Waals surface area contributed by atoms with Crippen LogP contribution in [0.5, 0.6) is 0 Å². The van der Waals surface area contributed by atoms with Crippen molar-refractivity contribution in [1.82, 2.24) is 9.62 Å². The van der Waals surface area contributed by atoms with Crippen LogP contribution in [0.25, 0.3) is 0 Å². The highest BCUT2D eigenvalue weighted by molar-refractivity contribution is 7.89. The second-order valence-corrected chi connectivity index (χ2v) is 7.85. The molecule has 1 aromatic carbocycles. The van der Waals surface area contributed by atoms with E-state index in [0.29, 0.717) is 13.0 Å². The molecule has 0 fully saturated rings. The number of unbranched alkanes of at least 4 members (excludes halogenated alkanes) is 1. The molecule has 5 nitrogen and oxygen atoms in total. The Morgan fingerprint density at radius 3 is 2.77 bits per heavy atom. The van der Waals surface area contributed by atoms with Gasteiger partial charge in [-0.25, -0.2) is 13.1 Å². The molecular formula is C16H26N2O3S. The normalized spacial score (nSPS) is 17.2. The van der Waals surface area contributed by atoms with Crippen LogP contribution in [0.4, 0.5) is 0 Å². The van der Waals surface area contributed by atoms with Crippen molar-refractivity contribution in [2.75, 3.05) is 25.4 Å². The molecule has 6 heteroatoms. The van der Waals surface area contributed by atoms with Crippen molar-refractivity contribution in [3.63, 3.8) is 0 Å². The average Bonchev–Trinajstić information content (AvgIpc) is 2.51. The minimum absolute atomic E-state index is 0.0875. The molecule has 2 rings (SSSR count). The maximum atomic E-state index is 11.7. The third-order valence-corrected chi connectivity index (χ3v) is 5.42. The van der Waals surface area contributed by atoms with Gasteiger partial charge < -0.3 is 5.11 Å². The quantitative estimate of drug-likeness (QED) is 0.751. The van der Waals surface area contributed by atoms with E-state index in [1.165, 1.54) is 11.1 Å². The summed E-state index contributed by atoms with van der Waals surface area (Å²) in [5.74, 6) is 0.132. The van der Waals surface area contributed by atoms with Crippen LogP contribution in [0.1, 0.15) is 30.9 Å². The van der Waals surface area contributed by atoms with Crippen LogP contribution in [-0.2, 0) is 23.0 Å². The molecule has 1 atom stereocenters. The molecule has 124 valence electrons. The fraction of sp³-hybridized carbons (Fsp3) is 0.625. The Kier molecular flexibility index (Phi) is 6.37. The zero-order chi connectivity index (χ0) is 16.0. The number of aliphatic hydroxyl groups is 1. The van der Waals surface area contributed by atoms with Gasteiger partial charge in [0, 0.05) is 26.2 Å². The van der Waals surface area contributed by atoms with Crippen molar-refractivity contribution < 1.29 is 13.5 Å². The Bertz CT molecular complexity index is 575. The van der Waals surface area contributed by atoms with E-state index in [9.17, 15) is 13.5 Å². The smallest absolute Gasteiger partial charge is 0.211 e. The number of rotatable bonds is 8. The number of benzene rings is 1.